The summed E-state index contributed by atoms with van der Waals surface area (Å²) in [6, 6.07) is 15.0. The summed E-state index contributed by atoms with van der Waals surface area (Å²) in [6.07, 6.45) is 1.49. The van der Waals surface area contributed by atoms with Crippen molar-refractivity contribution in [2.45, 2.75) is 33.6 Å². The molecule has 1 aromatic heterocycles. The fourth-order valence-electron chi connectivity index (χ4n) is 3.02. The number of hydrogen-bond acceptors (Lipinski definition) is 8. The van der Waals surface area contributed by atoms with Crippen molar-refractivity contribution in [1.29, 1.82) is 5.26 Å². The van der Waals surface area contributed by atoms with Crippen LogP contribution in [0.15, 0.2) is 48.0 Å². The molecule has 182 valence electrons. The van der Waals surface area contributed by atoms with E-state index >= 15 is 0 Å². The number of carbonyl (C=O) groups is 1. The van der Waals surface area contributed by atoms with Crippen LogP contribution in [0.2, 0.25) is 0 Å². The Hall–Kier alpha value is -3.90. The topological polar surface area (TPSA) is 106 Å². The molecular weight excluding hydrogens is 464 g/mol. The average Bonchev–Trinajstić information content (AvgIpc) is 3.30. The van der Waals surface area contributed by atoms with Gasteiger partial charge in [0.15, 0.2) is 11.5 Å². The van der Waals surface area contributed by atoms with Crippen molar-refractivity contribution in [3.63, 3.8) is 0 Å². The first-order valence-corrected chi connectivity index (χ1v) is 12.1. The van der Waals surface area contributed by atoms with Crippen molar-refractivity contribution in [3.05, 3.63) is 64.2 Å². The lowest BCUT2D eigenvalue weighted by atomic mass is 10.1. The molecule has 0 spiro atoms. The maximum absolute atomic E-state index is 12.6. The first-order valence-electron chi connectivity index (χ1n) is 11.2. The molecule has 8 nitrogen and oxygen atoms in total. The number of aromatic nitrogens is 2. The molecule has 0 aliphatic carbocycles. The predicted octanol–water partition coefficient (Wildman–Crippen LogP) is 5.37. The minimum absolute atomic E-state index is 0.0611. The van der Waals surface area contributed by atoms with Crippen molar-refractivity contribution in [1.82, 2.24) is 10.2 Å². The van der Waals surface area contributed by atoms with Gasteiger partial charge in [-0.1, -0.05) is 43.4 Å². The van der Waals surface area contributed by atoms with Crippen LogP contribution in [0.3, 0.4) is 0 Å². The van der Waals surface area contributed by atoms with Crippen LogP contribution in [-0.4, -0.2) is 35.9 Å². The van der Waals surface area contributed by atoms with E-state index < -0.39 is 5.91 Å². The largest absolute Gasteiger partial charge is 0.490 e. The Morgan fingerprint density at radius 3 is 2.60 bits per heavy atom. The highest BCUT2D eigenvalue weighted by Crippen LogP contribution is 2.30. The highest BCUT2D eigenvalue weighted by atomic mass is 32.1. The van der Waals surface area contributed by atoms with E-state index in [4.69, 9.17) is 14.2 Å². The van der Waals surface area contributed by atoms with Crippen molar-refractivity contribution >= 4 is 28.5 Å². The summed E-state index contributed by atoms with van der Waals surface area (Å²) in [4.78, 5) is 12.6. The fourth-order valence-corrected chi connectivity index (χ4v) is 3.76. The van der Waals surface area contributed by atoms with E-state index in [1.165, 1.54) is 17.4 Å². The molecule has 0 aliphatic heterocycles. The number of benzene rings is 2. The minimum Gasteiger partial charge on any atom is -0.490 e. The van der Waals surface area contributed by atoms with Crippen LogP contribution >= 0.6 is 11.3 Å². The van der Waals surface area contributed by atoms with E-state index in [1.807, 2.05) is 58.0 Å². The number of ether oxygens (including phenoxy) is 3. The second-order valence-corrected chi connectivity index (χ2v) is 8.89. The van der Waals surface area contributed by atoms with Gasteiger partial charge in [-0.3, -0.25) is 10.1 Å². The first kappa shape index (κ1) is 25.7. The van der Waals surface area contributed by atoms with Crippen molar-refractivity contribution in [2.24, 2.45) is 0 Å². The monoisotopic (exact) mass is 492 g/mol. The van der Waals surface area contributed by atoms with Gasteiger partial charge in [-0.2, -0.15) is 5.26 Å². The van der Waals surface area contributed by atoms with Gasteiger partial charge < -0.3 is 14.2 Å². The summed E-state index contributed by atoms with van der Waals surface area (Å²) < 4.78 is 17.3. The highest BCUT2D eigenvalue weighted by Gasteiger charge is 2.15. The maximum Gasteiger partial charge on any atom is 0.268 e. The van der Waals surface area contributed by atoms with E-state index in [9.17, 15) is 10.1 Å². The summed E-state index contributed by atoms with van der Waals surface area (Å²) in [7, 11) is 0. The number of nitrogens with one attached hydrogen (secondary N) is 1. The standard InChI is InChI=1S/C26H28N4O4S/c1-5-32-23-15-19(9-10-22(23)34-12-11-33-21-8-6-7-18(4)13-21)14-20(16-27)24(31)28-26-30-29-25(35-26)17(2)3/h6-10,13-15,17H,5,11-12H2,1-4H3,(H,28,30,31)/b20-14-. The Labute approximate surface area is 209 Å². The number of carbonyl (C=O) groups excluding carboxylic acids is 1. The molecule has 0 fully saturated rings. The SMILES string of the molecule is CCOc1cc(/C=C(/C#N)C(=O)Nc2nnc(C(C)C)s2)ccc1OCCOc1cccc(C)c1. The summed E-state index contributed by atoms with van der Waals surface area (Å²) in [5.74, 6) is 1.51. The van der Waals surface area contributed by atoms with Gasteiger partial charge in [0.1, 0.15) is 35.6 Å². The van der Waals surface area contributed by atoms with Gasteiger partial charge in [0.05, 0.1) is 6.61 Å². The molecule has 3 aromatic rings. The van der Waals surface area contributed by atoms with Crippen molar-refractivity contribution < 1.29 is 19.0 Å². The number of rotatable bonds is 11. The van der Waals surface area contributed by atoms with Crippen LogP contribution in [0.25, 0.3) is 6.08 Å². The maximum atomic E-state index is 12.6. The fraction of sp³-hybridized carbons (Fsp3) is 0.308. The lowest BCUT2D eigenvalue weighted by molar-refractivity contribution is -0.112. The van der Waals surface area contributed by atoms with Crippen molar-refractivity contribution in [3.8, 4) is 23.3 Å². The summed E-state index contributed by atoms with van der Waals surface area (Å²) in [6.45, 7) is 9.00. The van der Waals surface area contributed by atoms with Crippen LogP contribution < -0.4 is 19.5 Å². The average molecular weight is 493 g/mol. The van der Waals surface area contributed by atoms with Crippen LogP contribution in [0.1, 0.15) is 42.8 Å². The van der Waals surface area contributed by atoms with E-state index in [0.717, 1.165) is 16.3 Å². The Bertz CT molecular complexity index is 1230. The number of nitriles is 1. The molecule has 0 radical (unpaired) electrons. The van der Waals surface area contributed by atoms with Crippen LogP contribution in [0.4, 0.5) is 5.13 Å². The number of hydrogen-bond donors (Lipinski definition) is 1. The number of aryl methyl sites for hydroxylation is 1. The molecule has 3 rings (SSSR count). The molecule has 0 saturated carbocycles. The third-order valence-corrected chi connectivity index (χ3v) is 5.84. The number of anilines is 1. The van der Waals surface area contributed by atoms with Gasteiger partial charge in [-0.15, -0.1) is 10.2 Å². The third kappa shape index (κ3) is 7.55. The van der Waals surface area contributed by atoms with Gasteiger partial charge in [0.25, 0.3) is 5.91 Å². The Balaban J connectivity index is 1.66. The van der Waals surface area contributed by atoms with Gasteiger partial charge in [0.2, 0.25) is 5.13 Å². The summed E-state index contributed by atoms with van der Waals surface area (Å²) >= 11 is 1.29. The Kier molecular flexibility index (Phi) is 9.21. The van der Waals surface area contributed by atoms with Gasteiger partial charge in [0, 0.05) is 5.92 Å². The van der Waals surface area contributed by atoms with E-state index in [2.05, 4.69) is 15.5 Å². The van der Waals surface area contributed by atoms with E-state index in [0.29, 0.717) is 42.0 Å². The van der Waals surface area contributed by atoms with Crippen LogP contribution in [0.5, 0.6) is 17.2 Å². The molecule has 0 unspecified atom stereocenters. The third-order valence-electron chi connectivity index (χ3n) is 4.70. The molecule has 1 amide bonds. The second-order valence-electron chi connectivity index (χ2n) is 7.88. The smallest absolute Gasteiger partial charge is 0.268 e. The van der Waals surface area contributed by atoms with E-state index in [1.54, 1.807) is 18.2 Å². The second kappa shape index (κ2) is 12.5. The normalized spacial score (nSPS) is 11.1. The highest BCUT2D eigenvalue weighted by molar-refractivity contribution is 7.15. The Morgan fingerprint density at radius 2 is 1.91 bits per heavy atom. The molecule has 0 bridgehead atoms. The molecule has 1 N–H and O–H groups in total. The molecule has 0 saturated heterocycles. The quantitative estimate of drug-likeness (QED) is 0.218. The van der Waals surface area contributed by atoms with Gasteiger partial charge in [-0.05, 0) is 55.3 Å². The summed E-state index contributed by atoms with van der Waals surface area (Å²) in [5, 5.41) is 21.3. The van der Waals surface area contributed by atoms with Gasteiger partial charge >= 0.3 is 0 Å². The lowest BCUT2D eigenvalue weighted by Gasteiger charge is -2.13. The molecule has 1 heterocycles. The van der Waals surface area contributed by atoms with Crippen LogP contribution in [0, 0.1) is 18.3 Å². The van der Waals surface area contributed by atoms with Crippen LogP contribution in [-0.2, 0) is 4.79 Å². The molecule has 0 atom stereocenters. The number of nitrogens with zero attached hydrogens (tertiary/aromatic N) is 3. The predicted molar refractivity (Wildman–Crippen MR) is 136 cm³/mol. The molecule has 35 heavy (non-hydrogen) atoms. The zero-order chi connectivity index (χ0) is 25.2. The minimum atomic E-state index is -0.550. The summed E-state index contributed by atoms with van der Waals surface area (Å²) in [5.41, 5.74) is 1.69. The zero-order valence-corrected chi connectivity index (χ0v) is 21.0. The first-order chi connectivity index (χ1) is 16.9. The van der Waals surface area contributed by atoms with Gasteiger partial charge in [-0.25, -0.2) is 0 Å². The number of amides is 1. The molecular formula is C26H28N4O4S. The Morgan fingerprint density at radius 1 is 1.11 bits per heavy atom. The lowest BCUT2D eigenvalue weighted by Crippen LogP contribution is -2.13. The van der Waals surface area contributed by atoms with Crippen molar-refractivity contribution in [2.75, 3.05) is 25.1 Å². The zero-order valence-electron chi connectivity index (χ0n) is 20.2. The molecule has 9 heteroatoms. The molecule has 0 aliphatic rings. The molecule has 2 aromatic carbocycles. The van der Waals surface area contributed by atoms with E-state index in [-0.39, 0.29) is 11.5 Å².